The molecule has 5 rings (SSSR count). The molecule has 1 aromatic carbocycles. The van der Waals surface area contributed by atoms with Crippen LogP contribution in [0.15, 0.2) is 30.5 Å². The number of likely N-dealkylation sites (tertiary alicyclic amines) is 1. The molecule has 3 aromatic rings. The number of rotatable bonds is 5. The molecule has 0 radical (unpaired) electrons. The van der Waals surface area contributed by atoms with Crippen LogP contribution in [0.5, 0.6) is 0 Å². The largest absolute Gasteiger partial charge is 0.356 e. The van der Waals surface area contributed by atoms with Crippen LogP contribution in [-0.4, -0.2) is 53.8 Å². The molecule has 9 nitrogen and oxygen atoms in total. The molecule has 4 heterocycles. The maximum Gasteiger partial charge on any atom is 0.259 e. The summed E-state index contributed by atoms with van der Waals surface area (Å²) in [5, 5.41) is 5.16. The zero-order valence-electron chi connectivity index (χ0n) is 19.1. The summed E-state index contributed by atoms with van der Waals surface area (Å²) in [4.78, 5) is 22.5. The second-order valence-corrected chi connectivity index (χ2v) is 10.3. The highest BCUT2D eigenvalue weighted by Gasteiger charge is 2.32. The highest BCUT2D eigenvalue weighted by molar-refractivity contribution is 7.80. The lowest BCUT2D eigenvalue weighted by Crippen LogP contribution is -2.46. The quantitative estimate of drug-likeness (QED) is 0.510. The number of halogens is 1. The molecule has 2 N–H and O–H groups in total. The lowest BCUT2D eigenvalue weighted by atomic mass is 9.98. The number of anilines is 2. The number of fused-ring (bicyclic) bond motifs is 1. The first-order valence-electron chi connectivity index (χ1n) is 11.4. The third kappa shape index (κ3) is 4.37. The second-order valence-electron chi connectivity index (χ2n) is 9.18. The number of amides is 1. The molecule has 180 valence electrons. The van der Waals surface area contributed by atoms with Gasteiger partial charge in [0.25, 0.3) is 17.2 Å². The van der Waals surface area contributed by atoms with E-state index in [4.69, 9.17) is 21.7 Å². The first-order chi connectivity index (χ1) is 16.3. The van der Waals surface area contributed by atoms with Crippen molar-refractivity contribution in [3.05, 3.63) is 52.3 Å². The van der Waals surface area contributed by atoms with Gasteiger partial charge in [0.15, 0.2) is 5.65 Å². The first kappa shape index (κ1) is 23.1. The van der Waals surface area contributed by atoms with Gasteiger partial charge in [-0.05, 0) is 50.3 Å². The average Bonchev–Trinajstić information content (AvgIpc) is 3.19. The minimum absolute atomic E-state index is 0.220. The predicted molar refractivity (Wildman–Crippen MR) is 133 cm³/mol. The second kappa shape index (κ2) is 9.16. The molecule has 0 aliphatic carbocycles. The number of carbonyl (C=O) groups is 1. The molecule has 0 spiro atoms. The van der Waals surface area contributed by atoms with E-state index in [1.807, 2.05) is 19.2 Å². The Bertz CT molecular complexity index is 1280. The minimum Gasteiger partial charge on any atom is -0.356 e. The predicted octanol–water partition coefficient (Wildman–Crippen LogP) is 4.06. The lowest BCUT2D eigenvalue weighted by molar-refractivity contribution is 0.0607. The molecule has 2 saturated heterocycles. The van der Waals surface area contributed by atoms with Crippen LogP contribution in [0.4, 0.5) is 11.5 Å². The van der Waals surface area contributed by atoms with Gasteiger partial charge in [-0.3, -0.25) is 14.1 Å². The maximum atomic E-state index is 13.6. The van der Waals surface area contributed by atoms with Gasteiger partial charge in [0.05, 0.1) is 23.0 Å². The van der Waals surface area contributed by atoms with Gasteiger partial charge in [0.1, 0.15) is 5.82 Å². The Hall–Kier alpha value is -2.69. The van der Waals surface area contributed by atoms with Gasteiger partial charge in [0, 0.05) is 42.5 Å². The van der Waals surface area contributed by atoms with Crippen molar-refractivity contribution < 1.29 is 13.6 Å². The van der Waals surface area contributed by atoms with Crippen LogP contribution in [0, 0.1) is 12.8 Å². The van der Waals surface area contributed by atoms with E-state index >= 15 is 0 Å². The van der Waals surface area contributed by atoms with Crippen molar-refractivity contribution >= 4 is 45.9 Å². The van der Waals surface area contributed by atoms with Gasteiger partial charge >= 0.3 is 0 Å². The summed E-state index contributed by atoms with van der Waals surface area (Å²) in [5.74, 6) is 1.41. The van der Waals surface area contributed by atoms with Crippen molar-refractivity contribution in [2.24, 2.45) is 5.92 Å². The van der Waals surface area contributed by atoms with Gasteiger partial charge in [-0.2, -0.15) is 5.10 Å². The first-order valence-corrected chi connectivity index (χ1v) is 12.9. The highest BCUT2D eigenvalue weighted by Crippen LogP contribution is 2.34. The van der Waals surface area contributed by atoms with E-state index in [2.05, 4.69) is 16.5 Å². The molecule has 2 fully saturated rings. The fraction of sp³-hybridized carbons (Fsp3) is 0.435. The Kier molecular flexibility index (Phi) is 6.22. The Morgan fingerprint density at radius 3 is 2.79 bits per heavy atom. The lowest BCUT2D eigenvalue weighted by Gasteiger charge is -2.38. The SMILES string of the molecule is Cc1cn2nc([C@@H]3CCCCN3C(=O)c3cc(Cl)ccc3NS(=O)O)cc2nc1N1CC(C)C1. The van der Waals surface area contributed by atoms with E-state index < -0.39 is 11.3 Å². The smallest absolute Gasteiger partial charge is 0.259 e. The Balaban J connectivity index is 1.48. The monoisotopic (exact) mass is 502 g/mol. The average molecular weight is 503 g/mol. The van der Waals surface area contributed by atoms with Crippen LogP contribution >= 0.6 is 11.6 Å². The van der Waals surface area contributed by atoms with E-state index in [-0.39, 0.29) is 23.2 Å². The minimum atomic E-state index is -2.31. The number of piperidine rings is 1. The van der Waals surface area contributed by atoms with Gasteiger partial charge in [-0.25, -0.2) is 13.7 Å². The van der Waals surface area contributed by atoms with Crippen LogP contribution in [-0.2, 0) is 11.3 Å². The highest BCUT2D eigenvalue weighted by atomic mass is 35.5. The van der Waals surface area contributed by atoms with Gasteiger partial charge in [-0.1, -0.05) is 18.5 Å². The van der Waals surface area contributed by atoms with Crippen molar-refractivity contribution in [1.82, 2.24) is 19.5 Å². The van der Waals surface area contributed by atoms with Crippen LogP contribution in [0.1, 0.15) is 53.8 Å². The van der Waals surface area contributed by atoms with Gasteiger partial charge < -0.3 is 9.80 Å². The number of carbonyl (C=O) groups excluding carboxylic acids is 1. The summed E-state index contributed by atoms with van der Waals surface area (Å²) in [6, 6.07) is 6.39. The maximum absolute atomic E-state index is 13.6. The van der Waals surface area contributed by atoms with Crippen molar-refractivity contribution in [2.45, 2.75) is 39.2 Å². The summed E-state index contributed by atoms with van der Waals surface area (Å²) in [7, 11) is 0. The van der Waals surface area contributed by atoms with Crippen molar-refractivity contribution in [3.8, 4) is 0 Å². The van der Waals surface area contributed by atoms with E-state index in [0.29, 0.717) is 17.5 Å². The zero-order valence-corrected chi connectivity index (χ0v) is 20.6. The third-order valence-corrected chi connectivity index (χ3v) is 7.13. The number of hydrogen-bond acceptors (Lipinski definition) is 5. The molecule has 2 aliphatic rings. The third-order valence-electron chi connectivity index (χ3n) is 6.50. The number of nitrogens with one attached hydrogen (secondary N) is 1. The molecule has 0 bridgehead atoms. The van der Waals surface area contributed by atoms with Crippen molar-refractivity contribution in [1.29, 1.82) is 0 Å². The molecule has 1 amide bonds. The summed E-state index contributed by atoms with van der Waals surface area (Å²) < 4.78 is 24.9. The molecule has 2 aliphatic heterocycles. The number of benzene rings is 1. The summed E-state index contributed by atoms with van der Waals surface area (Å²) >= 11 is 3.85. The van der Waals surface area contributed by atoms with E-state index in [1.165, 1.54) is 6.07 Å². The Morgan fingerprint density at radius 2 is 2.06 bits per heavy atom. The van der Waals surface area contributed by atoms with Gasteiger partial charge in [0.2, 0.25) is 0 Å². The molecule has 2 aromatic heterocycles. The number of aryl methyl sites for hydroxylation is 1. The number of nitrogens with zero attached hydrogens (tertiary/aromatic N) is 5. The van der Waals surface area contributed by atoms with Crippen molar-refractivity contribution in [3.63, 3.8) is 0 Å². The Labute approximate surface area is 205 Å². The molecule has 34 heavy (non-hydrogen) atoms. The molecule has 11 heteroatoms. The summed E-state index contributed by atoms with van der Waals surface area (Å²) in [6.07, 6.45) is 4.63. The topological polar surface area (TPSA) is 103 Å². The standard InChI is InChI=1S/C23H27ClN6O3S/c1-14-11-28(12-14)22-15(2)13-30-21(25-22)10-19(26-30)20-5-3-4-8-29(20)23(31)17-9-16(24)6-7-18(17)27-34(32)33/h6-7,9-10,13-14,20,27H,3-5,8,11-12H2,1-2H3,(H,32,33)/t20-/m0/s1. The van der Waals surface area contributed by atoms with Crippen LogP contribution in [0.2, 0.25) is 5.02 Å². The Morgan fingerprint density at radius 1 is 1.26 bits per heavy atom. The molecular weight excluding hydrogens is 476 g/mol. The van der Waals surface area contributed by atoms with Crippen molar-refractivity contribution in [2.75, 3.05) is 29.3 Å². The van der Waals surface area contributed by atoms with E-state index in [9.17, 15) is 13.6 Å². The number of hydrogen-bond donors (Lipinski definition) is 2. The fourth-order valence-electron chi connectivity index (χ4n) is 4.89. The molecule has 0 saturated carbocycles. The van der Waals surface area contributed by atoms with E-state index in [0.717, 1.165) is 55.1 Å². The van der Waals surface area contributed by atoms with E-state index in [1.54, 1.807) is 21.5 Å². The summed E-state index contributed by atoms with van der Waals surface area (Å²) in [6.45, 7) is 6.85. The molecular formula is C23H27ClN6O3S. The van der Waals surface area contributed by atoms with Crippen LogP contribution in [0.25, 0.3) is 5.65 Å². The normalized spacial score (nSPS) is 19.8. The zero-order chi connectivity index (χ0) is 24.0. The molecule has 1 unspecified atom stereocenters. The van der Waals surface area contributed by atoms with Crippen LogP contribution in [0.3, 0.4) is 0 Å². The number of aromatic nitrogens is 3. The fourth-order valence-corrected chi connectivity index (χ4v) is 5.43. The summed E-state index contributed by atoms with van der Waals surface area (Å²) in [5.41, 5.74) is 3.14. The van der Waals surface area contributed by atoms with Gasteiger partial charge in [-0.15, -0.1) is 0 Å². The van der Waals surface area contributed by atoms with Crippen LogP contribution < -0.4 is 9.62 Å². The molecule has 2 atom stereocenters.